The van der Waals surface area contributed by atoms with E-state index in [1.165, 1.54) is 19.1 Å². The number of hydrogen-bond donors (Lipinski definition) is 0. The van der Waals surface area contributed by atoms with E-state index in [0.717, 1.165) is 4.47 Å². The van der Waals surface area contributed by atoms with E-state index in [1.807, 2.05) is 0 Å². The fourth-order valence-electron chi connectivity index (χ4n) is 1.76. The Morgan fingerprint density at radius 2 is 1.75 bits per heavy atom. The smallest absolute Gasteiger partial charge is 0.377 e. The Kier molecular flexibility index (Phi) is 7.34. The Morgan fingerprint density at radius 3 is 2.21 bits per heavy atom. The zero-order chi connectivity index (χ0) is 18.5. The number of benzene rings is 1. The molecule has 134 valence electrons. The van der Waals surface area contributed by atoms with Gasteiger partial charge in [-0.2, -0.15) is 8.78 Å². The van der Waals surface area contributed by atoms with Gasteiger partial charge in [-0.1, -0.05) is 31.9 Å². The lowest BCUT2D eigenvalue weighted by Gasteiger charge is -2.30. The lowest BCUT2D eigenvalue weighted by atomic mass is 9.99. The number of ether oxygens (including phenoxy) is 2. The number of carbonyl (C=O) groups excluding carboxylic acids is 2. The molecule has 0 saturated heterocycles. The van der Waals surface area contributed by atoms with Crippen LogP contribution in [0.1, 0.15) is 37.6 Å². The molecular formula is C16H18Br2F2O4. The minimum atomic E-state index is -3.76. The number of carbonyl (C=O) groups is 2. The van der Waals surface area contributed by atoms with Crippen molar-refractivity contribution >= 4 is 43.8 Å². The Balaban J connectivity index is 2.92. The molecule has 0 aromatic heterocycles. The van der Waals surface area contributed by atoms with Crippen LogP contribution < -0.4 is 0 Å². The highest BCUT2D eigenvalue weighted by Crippen LogP contribution is 2.33. The quantitative estimate of drug-likeness (QED) is 0.426. The maximum Gasteiger partial charge on any atom is 0.377 e. The average Bonchev–Trinajstić information content (AvgIpc) is 2.46. The van der Waals surface area contributed by atoms with Crippen LogP contribution in [0.5, 0.6) is 0 Å². The van der Waals surface area contributed by atoms with Gasteiger partial charge >= 0.3 is 17.9 Å². The Morgan fingerprint density at radius 1 is 1.21 bits per heavy atom. The van der Waals surface area contributed by atoms with E-state index in [9.17, 15) is 18.4 Å². The minimum absolute atomic E-state index is 0.157. The molecule has 0 spiro atoms. The number of halogens is 4. The number of hydrogen-bond acceptors (Lipinski definition) is 4. The summed E-state index contributed by atoms with van der Waals surface area (Å²) >= 11 is 6.47. The van der Waals surface area contributed by atoms with Gasteiger partial charge in [-0.15, -0.1) is 0 Å². The van der Waals surface area contributed by atoms with E-state index in [-0.39, 0.29) is 12.2 Å². The molecule has 8 heteroatoms. The molecule has 0 aliphatic heterocycles. The fraction of sp³-hybridized carbons (Fsp3) is 0.500. The predicted octanol–water partition coefficient (Wildman–Crippen LogP) is 4.74. The molecule has 0 saturated carbocycles. The van der Waals surface area contributed by atoms with Gasteiger partial charge in [0.1, 0.15) is 6.10 Å². The van der Waals surface area contributed by atoms with Crippen molar-refractivity contribution in [3.05, 3.63) is 34.3 Å². The monoisotopic (exact) mass is 470 g/mol. The van der Waals surface area contributed by atoms with Crippen molar-refractivity contribution in [2.75, 3.05) is 6.61 Å². The first kappa shape index (κ1) is 21.0. The van der Waals surface area contributed by atoms with Crippen molar-refractivity contribution in [2.45, 2.75) is 43.5 Å². The SMILES string of the molecule is CCOC(=O)C(F)(F)CC(OC(=O)c1ccc(Br)cc1)C(C)(C)Br. The normalized spacial score (nSPS) is 13.3. The third-order valence-electron chi connectivity index (χ3n) is 3.11. The first-order valence-corrected chi connectivity index (χ1v) is 8.76. The number of rotatable bonds is 7. The Hall–Kier alpha value is -1.02. The molecule has 0 aliphatic carbocycles. The van der Waals surface area contributed by atoms with Crippen LogP contribution in [0.25, 0.3) is 0 Å². The van der Waals surface area contributed by atoms with Gasteiger partial charge in [0.25, 0.3) is 0 Å². The van der Waals surface area contributed by atoms with Gasteiger partial charge in [0.05, 0.1) is 22.9 Å². The first-order chi connectivity index (χ1) is 11.0. The van der Waals surface area contributed by atoms with Crippen molar-refractivity contribution in [2.24, 2.45) is 0 Å². The van der Waals surface area contributed by atoms with Gasteiger partial charge in [-0.05, 0) is 45.0 Å². The van der Waals surface area contributed by atoms with E-state index in [1.54, 1.807) is 26.0 Å². The van der Waals surface area contributed by atoms with Gasteiger partial charge < -0.3 is 9.47 Å². The lowest BCUT2D eigenvalue weighted by molar-refractivity contribution is -0.176. The summed E-state index contributed by atoms with van der Waals surface area (Å²) in [5.41, 5.74) is 0.222. The minimum Gasteiger partial charge on any atom is -0.462 e. The largest absolute Gasteiger partial charge is 0.462 e. The third-order valence-corrected chi connectivity index (χ3v) is 4.15. The van der Waals surface area contributed by atoms with Crippen LogP contribution >= 0.6 is 31.9 Å². The molecule has 1 unspecified atom stereocenters. The molecule has 0 bridgehead atoms. The maximum atomic E-state index is 14.0. The van der Waals surface area contributed by atoms with Gasteiger partial charge in [0.2, 0.25) is 0 Å². The zero-order valence-electron chi connectivity index (χ0n) is 13.4. The molecule has 0 radical (unpaired) electrons. The highest BCUT2D eigenvalue weighted by molar-refractivity contribution is 9.10. The second kappa shape index (κ2) is 8.38. The summed E-state index contributed by atoms with van der Waals surface area (Å²) in [7, 11) is 0. The molecule has 0 aliphatic rings. The van der Waals surface area contributed by atoms with E-state index < -0.39 is 34.7 Å². The van der Waals surface area contributed by atoms with E-state index in [0.29, 0.717) is 0 Å². The topological polar surface area (TPSA) is 52.6 Å². The summed E-state index contributed by atoms with van der Waals surface area (Å²) in [4.78, 5) is 23.6. The second-order valence-electron chi connectivity index (χ2n) is 5.59. The predicted molar refractivity (Wildman–Crippen MR) is 92.5 cm³/mol. The van der Waals surface area contributed by atoms with Crippen LogP contribution in [0, 0.1) is 0 Å². The van der Waals surface area contributed by atoms with E-state index in [2.05, 4.69) is 36.6 Å². The van der Waals surface area contributed by atoms with Gasteiger partial charge in [-0.25, -0.2) is 9.59 Å². The molecule has 1 atom stereocenters. The molecular weight excluding hydrogens is 454 g/mol. The summed E-state index contributed by atoms with van der Waals surface area (Å²) in [5.74, 6) is -6.14. The van der Waals surface area contributed by atoms with Gasteiger partial charge in [-0.3, -0.25) is 0 Å². The van der Waals surface area contributed by atoms with Gasteiger partial charge in [0.15, 0.2) is 0 Å². The summed E-state index contributed by atoms with van der Waals surface area (Å²) in [6.07, 6.45) is -2.22. The molecule has 1 aromatic rings. The van der Waals surface area contributed by atoms with Crippen LogP contribution in [0.2, 0.25) is 0 Å². The van der Waals surface area contributed by atoms with Crippen LogP contribution in [-0.2, 0) is 14.3 Å². The van der Waals surface area contributed by atoms with Crippen LogP contribution in [0.3, 0.4) is 0 Å². The second-order valence-corrected chi connectivity index (χ2v) is 8.55. The van der Waals surface area contributed by atoms with Crippen LogP contribution in [-0.4, -0.2) is 34.9 Å². The molecule has 1 aromatic carbocycles. The maximum absolute atomic E-state index is 14.0. The molecule has 1 rings (SSSR count). The third kappa shape index (κ3) is 6.12. The average molecular weight is 472 g/mol. The van der Waals surface area contributed by atoms with Crippen molar-refractivity contribution < 1.29 is 27.8 Å². The molecule has 24 heavy (non-hydrogen) atoms. The molecule has 0 N–H and O–H groups in total. The lowest BCUT2D eigenvalue weighted by Crippen LogP contribution is -2.43. The van der Waals surface area contributed by atoms with E-state index in [4.69, 9.17) is 4.74 Å². The highest BCUT2D eigenvalue weighted by Gasteiger charge is 2.47. The summed E-state index contributed by atoms with van der Waals surface area (Å²) < 4.78 is 37.4. The zero-order valence-corrected chi connectivity index (χ0v) is 16.6. The summed E-state index contributed by atoms with van der Waals surface area (Å²) in [6, 6.07) is 6.29. The molecule has 4 nitrogen and oxygen atoms in total. The highest BCUT2D eigenvalue weighted by atomic mass is 79.9. The van der Waals surface area contributed by atoms with Crippen LogP contribution in [0.4, 0.5) is 8.78 Å². The van der Waals surface area contributed by atoms with Crippen molar-refractivity contribution in [3.63, 3.8) is 0 Å². The number of alkyl halides is 3. The van der Waals surface area contributed by atoms with Crippen LogP contribution in [0.15, 0.2) is 28.7 Å². The fourth-order valence-corrected chi connectivity index (χ4v) is 2.28. The van der Waals surface area contributed by atoms with Crippen molar-refractivity contribution in [1.29, 1.82) is 0 Å². The Bertz CT molecular complexity index is 583. The van der Waals surface area contributed by atoms with Crippen molar-refractivity contribution in [1.82, 2.24) is 0 Å². The summed E-state index contributed by atoms with van der Waals surface area (Å²) in [6.45, 7) is 4.43. The molecule has 0 amide bonds. The molecule has 0 heterocycles. The summed E-state index contributed by atoms with van der Waals surface area (Å²) in [5, 5.41) is 0. The van der Waals surface area contributed by atoms with E-state index >= 15 is 0 Å². The Labute approximate surface area is 156 Å². The standard InChI is InChI=1S/C16H18Br2F2O4/c1-4-23-14(22)16(19,20)9-12(15(2,3)18)24-13(21)10-5-7-11(17)8-6-10/h5-8,12H,4,9H2,1-3H3. The van der Waals surface area contributed by atoms with Gasteiger partial charge in [0, 0.05) is 4.47 Å². The number of esters is 2. The molecule has 0 fully saturated rings. The van der Waals surface area contributed by atoms with Crippen molar-refractivity contribution in [3.8, 4) is 0 Å². The first-order valence-electron chi connectivity index (χ1n) is 7.18.